The van der Waals surface area contributed by atoms with Crippen LogP contribution in [0.2, 0.25) is 0 Å². The van der Waals surface area contributed by atoms with Crippen LogP contribution in [0.3, 0.4) is 0 Å². The Labute approximate surface area is 177 Å². The first-order chi connectivity index (χ1) is 14.8. The van der Waals surface area contributed by atoms with Crippen molar-refractivity contribution in [2.45, 2.75) is 13.1 Å². The molecule has 0 unspecified atom stereocenters. The van der Waals surface area contributed by atoms with E-state index in [1.54, 1.807) is 12.1 Å². The van der Waals surface area contributed by atoms with E-state index in [2.05, 4.69) is 71.3 Å². The van der Waals surface area contributed by atoms with Crippen LogP contribution in [0.1, 0.15) is 22.3 Å². The van der Waals surface area contributed by atoms with E-state index in [9.17, 15) is 4.39 Å². The normalized spacial score (nSPS) is 10.2. The number of benzene rings is 4. The molecule has 4 aromatic carbocycles. The van der Waals surface area contributed by atoms with Gasteiger partial charge in [0.15, 0.2) is 0 Å². The topological polar surface area (TPSA) is 3.24 Å². The van der Waals surface area contributed by atoms with Crippen LogP contribution >= 0.6 is 0 Å². The van der Waals surface area contributed by atoms with Crippen LogP contribution in [0, 0.1) is 17.7 Å². The second kappa shape index (κ2) is 9.58. The van der Waals surface area contributed by atoms with Crippen molar-refractivity contribution in [3.63, 3.8) is 0 Å². The number of para-hydroxylation sites is 1. The van der Waals surface area contributed by atoms with E-state index in [-0.39, 0.29) is 5.82 Å². The standard InChI is InChI=1S/C28H22FN/c29-27-19-16-23(17-20-27)15-18-26-13-7-8-14-28(26)30(21-24-9-3-1-4-10-24)22-25-11-5-2-6-12-25/h1-14,16-17,19-20H,21-22H2. The Balaban J connectivity index is 1.69. The van der Waals surface area contributed by atoms with Gasteiger partial charge in [-0.15, -0.1) is 0 Å². The van der Waals surface area contributed by atoms with Gasteiger partial charge in [-0.3, -0.25) is 0 Å². The van der Waals surface area contributed by atoms with Crippen LogP contribution in [-0.2, 0) is 13.1 Å². The highest BCUT2D eigenvalue weighted by molar-refractivity contribution is 5.62. The van der Waals surface area contributed by atoms with Crippen molar-refractivity contribution in [1.29, 1.82) is 0 Å². The van der Waals surface area contributed by atoms with E-state index in [0.717, 1.165) is 29.9 Å². The van der Waals surface area contributed by atoms with Crippen LogP contribution < -0.4 is 4.90 Å². The second-order valence-electron chi connectivity index (χ2n) is 7.10. The maximum Gasteiger partial charge on any atom is 0.123 e. The van der Waals surface area contributed by atoms with Gasteiger partial charge in [-0.1, -0.05) is 84.6 Å². The fourth-order valence-corrected chi connectivity index (χ4v) is 3.36. The number of nitrogens with zero attached hydrogens (tertiary/aromatic N) is 1. The van der Waals surface area contributed by atoms with Crippen LogP contribution in [0.4, 0.5) is 10.1 Å². The SMILES string of the molecule is Fc1ccc(C#Cc2ccccc2N(Cc2ccccc2)Cc2ccccc2)cc1. The summed E-state index contributed by atoms with van der Waals surface area (Å²) in [5.74, 6) is 6.20. The lowest BCUT2D eigenvalue weighted by Gasteiger charge is -2.26. The summed E-state index contributed by atoms with van der Waals surface area (Å²) in [7, 11) is 0. The van der Waals surface area contributed by atoms with Crippen LogP contribution in [0.5, 0.6) is 0 Å². The van der Waals surface area contributed by atoms with Gasteiger partial charge >= 0.3 is 0 Å². The molecule has 1 nitrogen and oxygen atoms in total. The zero-order valence-electron chi connectivity index (χ0n) is 16.6. The molecular weight excluding hydrogens is 369 g/mol. The minimum Gasteiger partial charge on any atom is -0.362 e. The third-order valence-corrected chi connectivity index (χ3v) is 4.86. The maximum absolute atomic E-state index is 13.2. The zero-order chi connectivity index (χ0) is 20.6. The number of anilines is 1. The monoisotopic (exact) mass is 391 g/mol. The molecule has 0 saturated heterocycles. The fourth-order valence-electron chi connectivity index (χ4n) is 3.36. The van der Waals surface area contributed by atoms with E-state index in [1.165, 1.54) is 23.3 Å². The Morgan fingerprint density at radius 1 is 0.567 bits per heavy atom. The summed E-state index contributed by atoms with van der Waals surface area (Å²) in [6, 6.07) is 35.4. The van der Waals surface area contributed by atoms with E-state index in [1.807, 2.05) is 30.3 Å². The molecule has 146 valence electrons. The summed E-state index contributed by atoms with van der Waals surface area (Å²) in [6.45, 7) is 1.57. The van der Waals surface area contributed by atoms with Gasteiger partial charge < -0.3 is 4.90 Å². The minimum atomic E-state index is -0.252. The third kappa shape index (κ3) is 5.16. The third-order valence-electron chi connectivity index (χ3n) is 4.86. The van der Waals surface area contributed by atoms with Crippen molar-refractivity contribution in [3.05, 3.63) is 137 Å². The van der Waals surface area contributed by atoms with Gasteiger partial charge in [-0.05, 0) is 47.5 Å². The summed E-state index contributed by atoms with van der Waals surface area (Å²) < 4.78 is 13.2. The van der Waals surface area contributed by atoms with E-state index in [4.69, 9.17) is 0 Å². The van der Waals surface area contributed by atoms with Crippen LogP contribution in [0.25, 0.3) is 0 Å². The summed E-state index contributed by atoms with van der Waals surface area (Å²) >= 11 is 0. The van der Waals surface area contributed by atoms with E-state index < -0.39 is 0 Å². The molecule has 0 heterocycles. The molecule has 0 radical (unpaired) electrons. The van der Waals surface area contributed by atoms with Crippen LogP contribution in [0.15, 0.2) is 109 Å². The smallest absolute Gasteiger partial charge is 0.123 e. The zero-order valence-corrected chi connectivity index (χ0v) is 16.6. The molecule has 4 aromatic rings. The first-order valence-corrected chi connectivity index (χ1v) is 9.97. The number of rotatable bonds is 5. The molecule has 4 rings (SSSR count). The first kappa shape index (κ1) is 19.5. The van der Waals surface area contributed by atoms with E-state index in [0.29, 0.717) is 0 Å². The molecule has 0 atom stereocenters. The fraction of sp³-hybridized carbons (Fsp3) is 0.0714. The van der Waals surface area contributed by atoms with Gasteiger partial charge in [0, 0.05) is 24.2 Å². The Kier molecular flexibility index (Phi) is 6.22. The molecule has 0 bridgehead atoms. The quantitative estimate of drug-likeness (QED) is 0.354. The number of hydrogen-bond donors (Lipinski definition) is 0. The number of halogens is 1. The molecule has 0 N–H and O–H groups in total. The lowest BCUT2D eigenvalue weighted by Crippen LogP contribution is -2.23. The van der Waals surface area contributed by atoms with Crippen molar-refractivity contribution in [3.8, 4) is 11.8 Å². The predicted molar refractivity (Wildman–Crippen MR) is 122 cm³/mol. The lowest BCUT2D eigenvalue weighted by molar-refractivity contribution is 0.627. The van der Waals surface area contributed by atoms with Gasteiger partial charge in [0.1, 0.15) is 5.82 Å². The molecular formula is C28H22FN. The summed E-state index contributed by atoms with van der Waals surface area (Å²) in [6.07, 6.45) is 0. The average Bonchev–Trinajstić information content (AvgIpc) is 2.80. The van der Waals surface area contributed by atoms with Crippen molar-refractivity contribution in [2.75, 3.05) is 4.90 Å². The molecule has 30 heavy (non-hydrogen) atoms. The van der Waals surface area contributed by atoms with Crippen molar-refractivity contribution in [1.82, 2.24) is 0 Å². The highest BCUT2D eigenvalue weighted by atomic mass is 19.1. The van der Waals surface area contributed by atoms with Crippen molar-refractivity contribution >= 4 is 5.69 Å². The molecule has 0 aliphatic rings. The van der Waals surface area contributed by atoms with Crippen LogP contribution in [-0.4, -0.2) is 0 Å². The van der Waals surface area contributed by atoms with Gasteiger partial charge in [-0.25, -0.2) is 4.39 Å². The molecule has 0 aromatic heterocycles. The van der Waals surface area contributed by atoms with Gasteiger partial charge in [0.05, 0.1) is 5.69 Å². The molecule has 2 heteroatoms. The van der Waals surface area contributed by atoms with Gasteiger partial charge in [0.25, 0.3) is 0 Å². The maximum atomic E-state index is 13.2. The lowest BCUT2D eigenvalue weighted by atomic mass is 10.1. The molecule has 0 fully saturated rings. The molecule has 0 spiro atoms. The van der Waals surface area contributed by atoms with Gasteiger partial charge in [-0.2, -0.15) is 0 Å². The predicted octanol–water partition coefficient (Wildman–Crippen LogP) is 6.43. The summed E-state index contributed by atoms with van der Waals surface area (Å²) in [4.78, 5) is 2.35. The Morgan fingerprint density at radius 2 is 1.10 bits per heavy atom. The Morgan fingerprint density at radius 3 is 1.70 bits per heavy atom. The second-order valence-corrected chi connectivity index (χ2v) is 7.10. The van der Waals surface area contributed by atoms with Crippen molar-refractivity contribution < 1.29 is 4.39 Å². The molecule has 0 saturated carbocycles. The average molecular weight is 391 g/mol. The Hall–Kier alpha value is -3.83. The Bertz CT molecular complexity index is 1100. The largest absolute Gasteiger partial charge is 0.362 e. The summed E-state index contributed by atoms with van der Waals surface area (Å²) in [5, 5.41) is 0. The molecule has 0 amide bonds. The van der Waals surface area contributed by atoms with Gasteiger partial charge in [0.2, 0.25) is 0 Å². The van der Waals surface area contributed by atoms with E-state index >= 15 is 0 Å². The highest BCUT2D eigenvalue weighted by Crippen LogP contribution is 2.24. The minimum absolute atomic E-state index is 0.252. The number of hydrogen-bond acceptors (Lipinski definition) is 1. The molecule has 0 aliphatic heterocycles. The van der Waals surface area contributed by atoms with Crippen molar-refractivity contribution in [2.24, 2.45) is 0 Å². The molecule has 0 aliphatic carbocycles. The first-order valence-electron chi connectivity index (χ1n) is 9.97. The summed E-state index contributed by atoms with van der Waals surface area (Å²) in [5.41, 5.74) is 5.32. The highest BCUT2D eigenvalue weighted by Gasteiger charge is 2.12.